The summed E-state index contributed by atoms with van der Waals surface area (Å²) in [7, 11) is 0. The standard InChI is InChI=1S/C15H22N6O3/c1-10-8-21(13-7-11(18-19-16)12(9-22)24-13)15(23)17-14(10)20-5-3-2-4-6-20/h8,11-13,22H,2-7,9H2,1H3/t11?,12-,13-/m1/s1. The molecule has 2 saturated heterocycles. The average molecular weight is 334 g/mol. The summed E-state index contributed by atoms with van der Waals surface area (Å²) >= 11 is 0. The topological polar surface area (TPSA) is 116 Å². The van der Waals surface area contributed by atoms with Crippen molar-refractivity contribution in [3.63, 3.8) is 0 Å². The van der Waals surface area contributed by atoms with E-state index in [4.69, 9.17) is 10.3 Å². The number of aryl methyl sites for hydroxylation is 1. The zero-order valence-corrected chi connectivity index (χ0v) is 13.7. The van der Waals surface area contributed by atoms with Gasteiger partial charge in [-0.2, -0.15) is 4.98 Å². The molecule has 0 radical (unpaired) electrons. The first-order valence-electron chi connectivity index (χ1n) is 8.29. The summed E-state index contributed by atoms with van der Waals surface area (Å²) in [5.74, 6) is 0.735. The highest BCUT2D eigenvalue weighted by molar-refractivity contribution is 5.45. The van der Waals surface area contributed by atoms with E-state index in [0.717, 1.165) is 37.3 Å². The van der Waals surface area contributed by atoms with Gasteiger partial charge in [-0.3, -0.25) is 4.57 Å². The summed E-state index contributed by atoms with van der Waals surface area (Å²) in [6.07, 6.45) is 4.36. The van der Waals surface area contributed by atoms with E-state index < -0.39 is 18.4 Å². The van der Waals surface area contributed by atoms with E-state index in [1.54, 1.807) is 6.20 Å². The molecule has 0 amide bonds. The smallest absolute Gasteiger partial charge is 0.351 e. The van der Waals surface area contributed by atoms with Crippen molar-refractivity contribution in [3.05, 3.63) is 32.7 Å². The van der Waals surface area contributed by atoms with E-state index in [1.165, 1.54) is 11.0 Å². The van der Waals surface area contributed by atoms with Gasteiger partial charge in [-0.25, -0.2) is 4.79 Å². The predicted molar refractivity (Wildman–Crippen MR) is 87.8 cm³/mol. The molecule has 0 saturated carbocycles. The van der Waals surface area contributed by atoms with E-state index in [0.29, 0.717) is 6.42 Å². The fourth-order valence-electron chi connectivity index (χ4n) is 3.43. The number of aromatic nitrogens is 2. The Morgan fingerprint density at radius 3 is 2.88 bits per heavy atom. The molecule has 2 fully saturated rings. The fourth-order valence-corrected chi connectivity index (χ4v) is 3.43. The van der Waals surface area contributed by atoms with Gasteiger partial charge in [0.25, 0.3) is 0 Å². The largest absolute Gasteiger partial charge is 0.394 e. The van der Waals surface area contributed by atoms with Crippen molar-refractivity contribution in [2.24, 2.45) is 5.11 Å². The van der Waals surface area contributed by atoms with Crippen LogP contribution in [0.1, 0.15) is 37.5 Å². The van der Waals surface area contributed by atoms with Crippen LogP contribution in [0.4, 0.5) is 5.82 Å². The molecule has 130 valence electrons. The molecule has 3 atom stereocenters. The van der Waals surface area contributed by atoms with Gasteiger partial charge in [-0.1, -0.05) is 5.11 Å². The van der Waals surface area contributed by atoms with Crippen molar-refractivity contribution in [3.8, 4) is 0 Å². The number of ether oxygens (including phenoxy) is 1. The summed E-state index contributed by atoms with van der Waals surface area (Å²) in [6, 6.07) is -0.487. The average Bonchev–Trinajstić information content (AvgIpc) is 3.00. The molecule has 0 aliphatic carbocycles. The maximum atomic E-state index is 12.5. The number of anilines is 1. The second-order valence-corrected chi connectivity index (χ2v) is 6.30. The molecule has 1 unspecified atom stereocenters. The maximum absolute atomic E-state index is 12.5. The Labute approximate surface area is 139 Å². The second-order valence-electron chi connectivity index (χ2n) is 6.30. The van der Waals surface area contributed by atoms with Crippen molar-refractivity contribution in [2.45, 2.75) is 51.0 Å². The summed E-state index contributed by atoms with van der Waals surface area (Å²) < 4.78 is 7.11. The SMILES string of the molecule is Cc1cn([C@H]2CC(N=[N+]=[N-])[C@@H](CO)O2)c(=O)nc1N1CCCCC1. The van der Waals surface area contributed by atoms with Crippen LogP contribution in [-0.2, 0) is 4.74 Å². The van der Waals surface area contributed by atoms with Gasteiger partial charge in [0.05, 0.1) is 18.8 Å². The number of piperidine rings is 1. The third-order valence-electron chi connectivity index (χ3n) is 4.66. The molecular formula is C15H22N6O3. The summed E-state index contributed by atoms with van der Waals surface area (Å²) in [4.78, 5) is 21.6. The second kappa shape index (κ2) is 7.21. The Kier molecular flexibility index (Phi) is 5.03. The number of azide groups is 1. The molecule has 9 nitrogen and oxygen atoms in total. The van der Waals surface area contributed by atoms with Gasteiger partial charge in [-0.05, 0) is 31.7 Å². The lowest BCUT2D eigenvalue weighted by atomic mass is 10.1. The van der Waals surface area contributed by atoms with Crippen LogP contribution in [0.2, 0.25) is 0 Å². The zero-order chi connectivity index (χ0) is 17.1. The van der Waals surface area contributed by atoms with Crippen LogP contribution in [-0.4, -0.2) is 46.5 Å². The molecule has 1 aromatic heterocycles. The number of hydrogen-bond acceptors (Lipinski definition) is 6. The van der Waals surface area contributed by atoms with E-state index >= 15 is 0 Å². The number of nitrogens with zero attached hydrogens (tertiary/aromatic N) is 6. The highest BCUT2D eigenvalue weighted by Gasteiger charge is 2.36. The van der Waals surface area contributed by atoms with Gasteiger partial charge in [0.1, 0.15) is 12.0 Å². The van der Waals surface area contributed by atoms with Crippen LogP contribution >= 0.6 is 0 Å². The van der Waals surface area contributed by atoms with Crippen LogP contribution in [0.15, 0.2) is 16.1 Å². The molecule has 2 aliphatic rings. The van der Waals surface area contributed by atoms with Gasteiger partial charge in [-0.15, -0.1) is 0 Å². The highest BCUT2D eigenvalue weighted by Crippen LogP contribution is 2.30. The molecule has 9 heteroatoms. The molecule has 2 aliphatic heterocycles. The Bertz CT molecular complexity index is 693. The quantitative estimate of drug-likeness (QED) is 0.509. The summed E-state index contributed by atoms with van der Waals surface area (Å²) in [5, 5.41) is 13.0. The normalized spacial score (nSPS) is 27.1. The monoisotopic (exact) mass is 334 g/mol. The maximum Gasteiger partial charge on any atom is 0.351 e. The highest BCUT2D eigenvalue weighted by atomic mass is 16.5. The molecule has 3 heterocycles. The number of rotatable bonds is 4. The van der Waals surface area contributed by atoms with E-state index in [-0.39, 0.29) is 12.3 Å². The van der Waals surface area contributed by atoms with Crippen LogP contribution < -0.4 is 10.6 Å². The number of aliphatic hydroxyl groups is 1. The molecule has 3 rings (SSSR count). The van der Waals surface area contributed by atoms with Gasteiger partial charge in [0.15, 0.2) is 0 Å². The van der Waals surface area contributed by atoms with Crippen LogP contribution in [0.5, 0.6) is 0 Å². The van der Waals surface area contributed by atoms with Gasteiger partial charge in [0.2, 0.25) is 0 Å². The van der Waals surface area contributed by atoms with Crippen molar-refractivity contribution >= 4 is 5.82 Å². The lowest BCUT2D eigenvalue weighted by Crippen LogP contribution is -2.35. The Morgan fingerprint density at radius 2 is 2.21 bits per heavy atom. The Balaban J connectivity index is 1.86. The minimum Gasteiger partial charge on any atom is -0.394 e. The van der Waals surface area contributed by atoms with Crippen molar-refractivity contribution in [1.29, 1.82) is 0 Å². The third kappa shape index (κ3) is 3.24. The first-order valence-corrected chi connectivity index (χ1v) is 8.29. The number of aliphatic hydroxyl groups excluding tert-OH is 1. The lowest BCUT2D eigenvalue weighted by molar-refractivity contribution is -0.0270. The van der Waals surface area contributed by atoms with E-state index in [9.17, 15) is 9.90 Å². The molecule has 24 heavy (non-hydrogen) atoms. The zero-order valence-electron chi connectivity index (χ0n) is 13.7. The van der Waals surface area contributed by atoms with Gasteiger partial charge < -0.3 is 14.7 Å². The Morgan fingerprint density at radius 1 is 1.46 bits per heavy atom. The first-order chi connectivity index (χ1) is 11.6. The van der Waals surface area contributed by atoms with Crippen LogP contribution in [0.3, 0.4) is 0 Å². The lowest BCUT2D eigenvalue weighted by Gasteiger charge is -2.29. The summed E-state index contributed by atoms with van der Waals surface area (Å²) in [5.41, 5.74) is 9.14. The Hall–Kier alpha value is -2.09. The molecule has 0 aromatic carbocycles. The van der Waals surface area contributed by atoms with E-state index in [2.05, 4.69) is 19.9 Å². The summed E-state index contributed by atoms with van der Waals surface area (Å²) in [6.45, 7) is 3.51. The van der Waals surface area contributed by atoms with Crippen molar-refractivity contribution in [1.82, 2.24) is 9.55 Å². The minimum absolute atomic E-state index is 0.257. The fraction of sp³-hybridized carbons (Fsp3) is 0.733. The molecule has 0 bridgehead atoms. The predicted octanol–water partition coefficient (Wildman–Crippen LogP) is 1.50. The van der Waals surface area contributed by atoms with Crippen LogP contribution in [0.25, 0.3) is 10.4 Å². The third-order valence-corrected chi connectivity index (χ3v) is 4.66. The minimum atomic E-state index is -0.597. The molecule has 1 aromatic rings. The molecule has 1 N–H and O–H groups in total. The molecule has 0 spiro atoms. The van der Waals surface area contributed by atoms with E-state index in [1.807, 2.05) is 6.92 Å². The first kappa shape index (κ1) is 16.8. The van der Waals surface area contributed by atoms with Crippen molar-refractivity contribution < 1.29 is 9.84 Å². The van der Waals surface area contributed by atoms with Gasteiger partial charge >= 0.3 is 5.69 Å². The van der Waals surface area contributed by atoms with Gasteiger partial charge in [0, 0.05) is 36.2 Å². The number of hydrogen-bond donors (Lipinski definition) is 1. The molecular weight excluding hydrogens is 312 g/mol. The van der Waals surface area contributed by atoms with Crippen LogP contribution in [0, 0.1) is 6.92 Å². The van der Waals surface area contributed by atoms with Crippen molar-refractivity contribution in [2.75, 3.05) is 24.6 Å².